The summed E-state index contributed by atoms with van der Waals surface area (Å²) in [6.07, 6.45) is 7.39. The molecule has 7 nitrogen and oxygen atoms in total. The molecule has 0 radical (unpaired) electrons. The number of nitrogens with one attached hydrogen (secondary N) is 2. The maximum absolute atomic E-state index is 4.32. The van der Waals surface area contributed by atoms with E-state index in [0.717, 1.165) is 30.5 Å². The number of rotatable bonds is 6. The first-order valence-corrected chi connectivity index (χ1v) is 10.8. The van der Waals surface area contributed by atoms with E-state index < -0.39 is 0 Å². The number of guanidine groups is 1. The van der Waals surface area contributed by atoms with Gasteiger partial charge in [0.1, 0.15) is 0 Å². The molecule has 1 saturated heterocycles. The van der Waals surface area contributed by atoms with Crippen LogP contribution in [-0.2, 0) is 19.6 Å². The van der Waals surface area contributed by atoms with Gasteiger partial charge in [0.15, 0.2) is 17.4 Å². The number of likely N-dealkylation sites (tertiary alicyclic amines) is 1. The van der Waals surface area contributed by atoms with Crippen molar-refractivity contribution in [2.75, 3.05) is 20.1 Å². The van der Waals surface area contributed by atoms with Gasteiger partial charge in [-0.3, -0.25) is 14.3 Å². The second kappa shape index (κ2) is 12.0. The Hall–Kier alpha value is -2.20. The van der Waals surface area contributed by atoms with Crippen LogP contribution >= 0.6 is 24.0 Å². The first kappa shape index (κ1) is 23.5. The van der Waals surface area contributed by atoms with Crippen molar-refractivity contribution in [1.29, 1.82) is 0 Å². The van der Waals surface area contributed by atoms with Crippen molar-refractivity contribution in [3.05, 3.63) is 65.6 Å². The van der Waals surface area contributed by atoms with Crippen LogP contribution in [0.1, 0.15) is 42.6 Å². The second-order valence-electron chi connectivity index (χ2n) is 7.83. The van der Waals surface area contributed by atoms with Gasteiger partial charge in [0.2, 0.25) is 0 Å². The van der Waals surface area contributed by atoms with Crippen molar-refractivity contribution in [1.82, 2.24) is 30.1 Å². The standard InChI is InChI=1S/C23H31N7.HI/c1-24-23(26-17-22-28-27-21-8-4-7-15-30(21)22)25-16-19-9-11-20(12-10-19)18-29-13-5-2-3-6-14-29;/h4,7-12,15H,2-3,5-6,13-14,16-18H2,1H3,(H2,24,25,26);1H. The van der Waals surface area contributed by atoms with Gasteiger partial charge in [-0.1, -0.05) is 43.2 Å². The molecule has 3 heterocycles. The normalized spacial score (nSPS) is 15.3. The molecule has 166 valence electrons. The molecule has 0 bridgehead atoms. The van der Waals surface area contributed by atoms with Gasteiger partial charge < -0.3 is 10.6 Å². The Morgan fingerprint density at radius 3 is 2.35 bits per heavy atom. The average Bonchev–Trinajstić information content (AvgIpc) is 3.02. The van der Waals surface area contributed by atoms with Crippen molar-refractivity contribution < 1.29 is 0 Å². The number of nitrogens with zero attached hydrogens (tertiary/aromatic N) is 5. The number of benzene rings is 1. The fourth-order valence-electron chi connectivity index (χ4n) is 3.90. The van der Waals surface area contributed by atoms with Crippen LogP contribution in [0.15, 0.2) is 53.7 Å². The number of hydrogen-bond donors (Lipinski definition) is 2. The zero-order valence-corrected chi connectivity index (χ0v) is 20.5. The summed E-state index contributed by atoms with van der Waals surface area (Å²) in [7, 11) is 1.78. The van der Waals surface area contributed by atoms with Crippen LogP contribution in [-0.4, -0.2) is 45.6 Å². The molecule has 0 amide bonds. The molecule has 1 aliphatic heterocycles. The maximum Gasteiger partial charge on any atom is 0.191 e. The Balaban J connectivity index is 0.00000272. The molecule has 1 fully saturated rings. The zero-order chi connectivity index (χ0) is 20.6. The van der Waals surface area contributed by atoms with Gasteiger partial charge in [0.25, 0.3) is 0 Å². The summed E-state index contributed by atoms with van der Waals surface area (Å²) in [6, 6.07) is 14.8. The smallest absolute Gasteiger partial charge is 0.191 e. The topological polar surface area (TPSA) is 69.8 Å². The van der Waals surface area contributed by atoms with E-state index in [-0.39, 0.29) is 24.0 Å². The molecule has 31 heavy (non-hydrogen) atoms. The van der Waals surface area contributed by atoms with Crippen LogP contribution in [0.5, 0.6) is 0 Å². The average molecular weight is 533 g/mol. The number of aromatic nitrogens is 3. The SMILES string of the molecule is CN=C(NCc1ccc(CN2CCCCCC2)cc1)NCc1nnc2ccccn12.I. The molecule has 0 aliphatic carbocycles. The van der Waals surface area contributed by atoms with Crippen molar-refractivity contribution in [3.63, 3.8) is 0 Å². The summed E-state index contributed by atoms with van der Waals surface area (Å²) in [5.74, 6) is 1.60. The molecule has 2 N–H and O–H groups in total. The van der Waals surface area contributed by atoms with Crippen LogP contribution in [0.2, 0.25) is 0 Å². The molecule has 3 aromatic rings. The predicted octanol–water partition coefficient (Wildman–Crippen LogP) is 3.59. The number of pyridine rings is 1. The molecule has 1 aromatic carbocycles. The first-order chi connectivity index (χ1) is 14.8. The fraction of sp³-hybridized carbons (Fsp3) is 0.435. The lowest BCUT2D eigenvalue weighted by atomic mass is 10.1. The van der Waals surface area contributed by atoms with E-state index in [1.54, 1.807) is 7.05 Å². The summed E-state index contributed by atoms with van der Waals surface area (Å²) in [5.41, 5.74) is 3.48. The van der Waals surface area contributed by atoms with E-state index in [1.165, 1.54) is 49.9 Å². The van der Waals surface area contributed by atoms with Crippen LogP contribution in [0.25, 0.3) is 5.65 Å². The van der Waals surface area contributed by atoms with Gasteiger partial charge in [-0.25, -0.2) is 0 Å². The largest absolute Gasteiger partial charge is 0.352 e. The minimum Gasteiger partial charge on any atom is -0.352 e. The lowest BCUT2D eigenvalue weighted by Gasteiger charge is -2.20. The minimum atomic E-state index is 0. The number of hydrogen-bond acceptors (Lipinski definition) is 4. The number of aliphatic imine (C=N–C) groups is 1. The highest BCUT2D eigenvalue weighted by molar-refractivity contribution is 14.0. The van der Waals surface area contributed by atoms with Crippen LogP contribution in [0, 0.1) is 0 Å². The van der Waals surface area contributed by atoms with Gasteiger partial charge in [-0.2, -0.15) is 0 Å². The molecule has 0 unspecified atom stereocenters. The highest BCUT2D eigenvalue weighted by Crippen LogP contribution is 2.14. The lowest BCUT2D eigenvalue weighted by molar-refractivity contribution is 0.277. The molecule has 8 heteroatoms. The summed E-state index contributed by atoms with van der Waals surface area (Å²) < 4.78 is 1.98. The summed E-state index contributed by atoms with van der Waals surface area (Å²) in [5, 5.41) is 15.1. The third kappa shape index (κ3) is 6.64. The van der Waals surface area contributed by atoms with Crippen molar-refractivity contribution in [2.45, 2.75) is 45.3 Å². The summed E-state index contributed by atoms with van der Waals surface area (Å²) in [6.45, 7) is 4.80. The van der Waals surface area contributed by atoms with Crippen molar-refractivity contribution in [3.8, 4) is 0 Å². The van der Waals surface area contributed by atoms with E-state index in [0.29, 0.717) is 6.54 Å². The van der Waals surface area contributed by atoms with Crippen LogP contribution in [0.3, 0.4) is 0 Å². The fourth-order valence-corrected chi connectivity index (χ4v) is 3.90. The Morgan fingerprint density at radius 1 is 0.903 bits per heavy atom. The Bertz CT molecular complexity index is 959. The molecular weight excluding hydrogens is 501 g/mol. The molecule has 0 atom stereocenters. The highest BCUT2D eigenvalue weighted by atomic mass is 127. The Kier molecular flexibility index (Phi) is 9.08. The molecule has 2 aromatic heterocycles. The van der Waals surface area contributed by atoms with E-state index >= 15 is 0 Å². The third-order valence-corrected chi connectivity index (χ3v) is 5.61. The highest BCUT2D eigenvalue weighted by Gasteiger charge is 2.09. The summed E-state index contributed by atoms with van der Waals surface area (Å²) in [4.78, 5) is 6.90. The molecule has 0 spiro atoms. The minimum absolute atomic E-state index is 0. The lowest BCUT2D eigenvalue weighted by Crippen LogP contribution is -2.36. The number of fused-ring (bicyclic) bond motifs is 1. The molecule has 0 saturated carbocycles. The monoisotopic (exact) mass is 533 g/mol. The third-order valence-electron chi connectivity index (χ3n) is 5.61. The number of halogens is 1. The van der Waals surface area contributed by atoms with Crippen LogP contribution in [0.4, 0.5) is 0 Å². The molecular formula is C23H32IN7. The predicted molar refractivity (Wildman–Crippen MR) is 136 cm³/mol. The van der Waals surface area contributed by atoms with E-state index in [1.807, 2.05) is 28.8 Å². The van der Waals surface area contributed by atoms with Crippen molar-refractivity contribution >= 4 is 35.6 Å². The molecule has 4 rings (SSSR count). The van der Waals surface area contributed by atoms with Gasteiger partial charge in [-0.05, 0) is 49.2 Å². The second-order valence-corrected chi connectivity index (χ2v) is 7.83. The van der Waals surface area contributed by atoms with Gasteiger partial charge >= 0.3 is 0 Å². The van der Waals surface area contributed by atoms with Gasteiger partial charge in [0, 0.05) is 26.3 Å². The quantitative estimate of drug-likeness (QED) is 0.288. The van der Waals surface area contributed by atoms with Crippen LogP contribution < -0.4 is 10.6 Å². The Morgan fingerprint density at radius 2 is 1.61 bits per heavy atom. The van der Waals surface area contributed by atoms with Gasteiger partial charge in [0.05, 0.1) is 6.54 Å². The maximum atomic E-state index is 4.32. The van der Waals surface area contributed by atoms with Gasteiger partial charge in [-0.15, -0.1) is 34.2 Å². The zero-order valence-electron chi connectivity index (χ0n) is 18.1. The first-order valence-electron chi connectivity index (χ1n) is 10.8. The van der Waals surface area contributed by atoms with Crippen molar-refractivity contribution in [2.24, 2.45) is 4.99 Å². The van der Waals surface area contributed by atoms with E-state index in [2.05, 4.69) is 55.0 Å². The van der Waals surface area contributed by atoms with E-state index in [9.17, 15) is 0 Å². The van der Waals surface area contributed by atoms with E-state index in [4.69, 9.17) is 0 Å². The summed E-state index contributed by atoms with van der Waals surface area (Å²) >= 11 is 0. The molecule has 1 aliphatic rings. The Labute approximate surface area is 201 Å².